The maximum atomic E-state index is 12.8. The lowest BCUT2D eigenvalue weighted by Gasteiger charge is -2.17. The van der Waals surface area contributed by atoms with E-state index in [1.807, 2.05) is 31.2 Å². The largest absolute Gasteiger partial charge is 0.465 e. The van der Waals surface area contributed by atoms with Crippen LogP contribution in [0.1, 0.15) is 29.3 Å². The lowest BCUT2D eigenvalue weighted by atomic mass is 9.94. The summed E-state index contributed by atoms with van der Waals surface area (Å²) in [6.45, 7) is 6.52. The van der Waals surface area contributed by atoms with Crippen molar-refractivity contribution in [1.82, 2.24) is 4.90 Å². The highest BCUT2D eigenvalue weighted by molar-refractivity contribution is 5.90. The Morgan fingerprint density at radius 1 is 1.46 bits per heavy atom. The zero-order valence-electron chi connectivity index (χ0n) is 15.3. The molecule has 5 nitrogen and oxygen atoms in total. The molecule has 1 heterocycles. The Morgan fingerprint density at radius 3 is 2.88 bits per heavy atom. The van der Waals surface area contributed by atoms with E-state index in [0.717, 1.165) is 17.6 Å². The molecule has 1 N–H and O–H groups in total. The summed E-state index contributed by atoms with van der Waals surface area (Å²) in [6.07, 6.45) is 6.78. The zero-order valence-corrected chi connectivity index (χ0v) is 15.3. The number of likely N-dealkylation sites (tertiary alicyclic amines) is 1. The molecule has 0 aliphatic carbocycles. The number of hydrogen-bond acceptors (Lipinski definition) is 4. The molecule has 0 radical (unpaired) electrons. The number of hydrogen-bond donors (Lipinski definition) is 1. The second-order valence-electron chi connectivity index (χ2n) is 6.21. The van der Waals surface area contributed by atoms with Gasteiger partial charge in [-0.1, -0.05) is 43.9 Å². The first-order valence-corrected chi connectivity index (χ1v) is 8.62. The number of allylic oxidation sites excluding steroid dienone is 3. The third-order valence-corrected chi connectivity index (χ3v) is 4.32. The molecule has 1 aromatic carbocycles. The molecule has 1 saturated heterocycles. The van der Waals surface area contributed by atoms with Crippen LogP contribution in [0.2, 0.25) is 0 Å². The van der Waals surface area contributed by atoms with Gasteiger partial charge in [-0.05, 0) is 35.3 Å². The number of amides is 1. The standard InChI is InChI=1S/C21H25NO4/c1-4-5-6-9-18-13-22(20(24)19(18)15(2)14-23)12-16-8-7-10-17(11-16)21(25)26-3/h5-11,19,23H,2,4,12-14H2,1,3H3/b6-5-,18-9+. The van der Waals surface area contributed by atoms with Gasteiger partial charge in [0.25, 0.3) is 0 Å². The number of carbonyl (C=O) groups excluding carboxylic acids is 2. The first-order valence-electron chi connectivity index (χ1n) is 8.62. The first kappa shape index (κ1) is 19.7. The van der Waals surface area contributed by atoms with E-state index in [-0.39, 0.29) is 12.5 Å². The fourth-order valence-corrected chi connectivity index (χ4v) is 3.00. The SMILES string of the molecule is C=C(CO)C1C(=O)N(Cc2cccc(C(=O)OC)c2)C/C1=C\C=C/CC. The summed E-state index contributed by atoms with van der Waals surface area (Å²) >= 11 is 0. The fraction of sp³-hybridized carbons (Fsp3) is 0.333. The predicted octanol–water partition coefficient (Wildman–Crippen LogP) is 2.87. The van der Waals surface area contributed by atoms with Crippen molar-refractivity contribution >= 4 is 11.9 Å². The normalized spacial score (nSPS) is 18.7. The molecule has 1 fully saturated rings. The van der Waals surface area contributed by atoms with Gasteiger partial charge in [0.15, 0.2) is 0 Å². The fourth-order valence-electron chi connectivity index (χ4n) is 3.00. The number of nitrogens with zero attached hydrogens (tertiary/aromatic N) is 1. The predicted molar refractivity (Wildman–Crippen MR) is 100 cm³/mol. The molecule has 0 spiro atoms. The van der Waals surface area contributed by atoms with Crippen LogP contribution in [0.3, 0.4) is 0 Å². The van der Waals surface area contributed by atoms with E-state index in [4.69, 9.17) is 4.74 Å². The van der Waals surface area contributed by atoms with Crippen LogP contribution in [-0.4, -0.2) is 42.1 Å². The van der Waals surface area contributed by atoms with Crippen LogP contribution < -0.4 is 0 Å². The van der Waals surface area contributed by atoms with Crippen molar-refractivity contribution in [1.29, 1.82) is 0 Å². The molecule has 0 aromatic heterocycles. The average molecular weight is 355 g/mol. The topological polar surface area (TPSA) is 66.8 Å². The van der Waals surface area contributed by atoms with Crippen LogP contribution in [0.25, 0.3) is 0 Å². The second kappa shape index (κ2) is 9.15. The van der Waals surface area contributed by atoms with Gasteiger partial charge in [0.2, 0.25) is 5.91 Å². The Bertz CT molecular complexity index is 748. The smallest absolute Gasteiger partial charge is 0.337 e. The molecule has 26 heavy (non-hydrogen) atoms. The van der Waals surface area contributed by atoms with E-state index in [1.165, 1.54) is 7.11 Å². The lowest BCUT2D eigenvalue weighted by molar-refractivity contribution is -0.130. The summed E-state index contributed by atoms with van der Waals surface area (Å²) in [7, 11) is 1.34. The van der Waals surface area contributed by atoms with E-state index in [2.05, 4.69) is 6.58 Å². The lowest BCUT2D eigenvalue weighted by Crippen LogP contribution is -2.28. The minimum Gasteiger partial charge on any atom is -0.465 e. The molecule has 2 rings (SSSR count). The first-order chi connectivity index (χ1) is 12.5. The van der Waals surface area contributed by atoms with E-state index in [0.29, 0.717) is 24.2 Å². The summed E-state index contributed by atoms with van der Waals surface area (Å²) < 4.78 is 4.74. The summed E-state index contributed by atoms with van der Waals surface area (Å²) in [5, 5.41) is 9.44. The van der Waals surface area contributed by atoms with Gasteiger partial charge in [-0.2, -0.15) is 0 Å². The van der Waals surface area contributed by atoms with Crippen LogP contribution in [0.15, 0.2) is 60.2 Å². The molecule has 1 aliphatic heterocycles. The third kappa shape index (κ3) is 4.49. The number of aliphatic hydroxyl groups is 1. The van der Waals surface area contributed by atoms with Crippen LogP contribution in [0.5, 0.6) is 0 Å². The highest BCUT2D eigenvalue weighted by Crippen LogP contribution is 2.31. The Balaban J connectivity index is 2.23. The minimum absolute atomic E-state index is 0.0799. The van der Waals surface area contributed by atoms with E-state index < -0.39 is 11.9 Å². The second-order valence-corrected chi connectivity index (χ2v) is 6.21. The van der Waals surface area contributed by atoms with E-state index in [1.54, 1.807) is 23.1 Å². The summed E-state index contributed by atoms with van der Waals surface area (Å²) in [5.74, 6) is -0.981. The van der Waals surface area contributed by atoms with Crippen molar-refractivity contribution in [3.8, 4) is 0 Å². The number of methoxy groups -OCH3 is 1. The van der Waals surface area contributed by atoms with Crippen molar-refractivity contribution < 1.29 is 19.4 Å². The van der Waals surface area contributed by atoms with Crippen molar-refractivity contribution in [3.05, 3.63) is 71.3 Å². The number of carbonyl (C=O) groups is 2. The molecule has 5 heteroatoms. The molecular formula is C21H25NO4. The molecule has 0 bridgehead atoms. The van der Waals surface area contributed by atoms with Crippen LogP contribution in [-0.2, 0) is 16.1 Å². The third-order valence-electron chi connectivity index (χ3n) is 4.32. The molecule has 1 amide bonds. The highest BCUT2D eigenvalue weighted by Gasteiger charge is 2.37. The molecule has 1 aliphatic rings. The van der Waals surface area contributed by atoms with Gasteiger partial charge < -0.3 is 14.7 Å². The molecule has 1 unspecified atom stereocenters. The van der Waals surface area contributed by atoms with Crippen LogP contribution in [0, 0.1) is 5.92 Å². The average Bonchev–Trinajstić information content (AvgIpc) is 2.96. The van der Waals surface area contributed by atoms with Crippen LogP contribution in [0.4, 0.5) is 0 Å². The maximum Gasteiger partial charge on any atom is 0.337 e. The van der Waals surface area contributed by atoms with Gasteiger partial charge in [0.05, 0.1) is 25.2 Å². The Hall–Kier alpha value is -2.66. The van der Waals surface area contributed by atoms with E-state index >= 15 is 0 Å². The molecule has 1 aromatic rings. The highest BCUT2D eigenvalue weighted by atomic mass is 16.5. The van der Waals surface area contributed by atoms with Crippen molar-refractivity contribution in [2.75, 3.05) is 20.3 Å². The van der Waals surface area contributed by atoms with Gasteiger partial charge >= 0.3 is 5.97 Å². The van der Waals surface area contributed by atoms with Crippen molar-refractivity contribution in [2.45, 2.75) is 19.9 Å². The monoisotopic (exact) mass is 355 g/mol. The summed E-state index contributed by atoms with van der Waals surface area (Å²) in [5.41, 5.74) is 2.72. The maximum absolute atomic E-state index is 12.8. The number of aliphatic hydroxyl groups excluding tert-OH is 1. The van der Waals surface area contributed by atoms with Crippen LogP contribution >= 0.6 is 0 Å². The van der Waals surface area contributed by atoms with Gasteiger partial charge in [0, 0.05) is 13.1 Å². The van der Waals surface area contributed by atoms with Crippen molar-refractivity contribution in [3.63, 3.8) is 0 Å². The zero-order chi connectivity index (χ0) is 19.1. The molecular weight excluding hydrogens is 330 g/mol. The number of ether oxygens (including phenoxy) is 1. The molecule has 0 saturated carbocycles. The Labute approximate surface area is 154 Å². The van der Waals surface area contributed by atoms with Gasteiger partial charge in [-0.3, -0.25) is 4.79 Å². The van der Waals surface area contributed by atoms with Gasteiger partial charge in [0.1, 0.15) is 0 Å². The Morgan fingerprint density at radius 2 is 2.23 bits per heavy atom. The summed E-state index contributed by atoms with van der Waals surface area (Å²) in [4.78, 5) is 26.2. The van der Waals surface area contributed by atoms with Crippen molar-refractivity contribution in [2.24, 2.45) is 5.92 Å². The number of rotatable bonds is 7. The molecule has 138 valence electrons. The van der Waals surface area contributed by atoms with E-state index in [9.17, 15) is 14.7 Å². The molecule has 1 atom stereocenters. The minimum atomic E-state index is -0.495. The van der Waals surface area contributed by atoms with Gasteiger partial charge in [-0.25, -0.2) is 4.79 Å². The quantitative estimate of drug-likeness (QED) is 0.603. The van der Waals surface area contributed by atoms with Gasteiger partial charge in [-0.15, -0.1) is 0 Å². The number of benzene rings is 1. The number of esters is 1. The Kier molecular flexibility index (Phi) is 6.92. The summed E-state index contributed by atoms with van der Waals surface area (Å²) in [6, 6.07) is 7.05.